The van der Waals surface area contributed by atoms with Crippen molar-refractivity contribution in [1.82, 2.24) is 0 Å². The highest BCUT2D eigenvalue weighted by Crippen LogP contribution is 2.10. The van der Waals surface area contributed by atoms with E-state index < -0.39 is 0 Å². The minimum absolute atomic E-state index is 0.902. The lowest BCUT2D eigenvalue weighted by atomic mass is 10.1. The van der Waals surface area contributed by atoms with Gasteiger partial charge in [-0.25, -0.2) is 0 Å². The molecule has 0 saturated carbocycles. The fraction of sp³-hybridized carbons (Fsp3) is 0.667. The normalized spacial score (nSPS) is 11.6. The van der Waals surface area contributed by atoms with E-state index in [9.17, 15) is 0 Å². The summed E-state index contributed by atoms with van der Waals surface area (Å²) in [6.45, 7) is 4.27. The second-order valence-corrected chi connectivity index (χ2v) is 2.44. The predicted octanol–water partition coefficient (Wildman–Crippen LogP) is 3.16. The highest BCUT2D eigenvalue weighted by molar-refractivity contribution is 5.53. The predicted molar refractivity (Wildman–Crippen MR) is 46.7 cm³/mol. The van der Waals surface area contributed by atoms with Crippen LogP contribution < -0.4 is 0 Å². The number of allylic oxidation sites excluding steroid dienone is 2. The van der Waals surface area contributed by atoms with Crippen LogP contribution in [0.2, 0.25) is 0 Å². The van der Waals surface area contributed by atoms with Crippen LogP contribution in [0.25, 0.3) is 0 Å². The fourth-order valence-electron chi connectivity index (χ4n) is 0.992. The Hall–Kier alpha value is -0.590. The van der Waals surface area contributed by atoms with Gasteiger partial charge in [0.1, 0.15) is 0 Å². The highest BCUT2D eigenvalue weighted by atomic mass is 14.3. The van der Waals surface area contributed by atoms with Crippen molar-refractivity contribution in [2.75, 3.05) is 0 Å². The molecule has 0 aliphatic carbocycles. The van der Waals surface area contributed by atoms with Gasteiger partial charge in [-0.05, 0) is 32.4 Å². The molecule has 1 nitrogen and oxygen atoms in total. The van der Waals surface area contributed by atoms with Crippen molar-refractivity contribution >= 4 is 6.21 Å². The van der Waals surface area contributed by atoms with Crippen LogP contribution in [-0.4, -0.2) is 6.21 Å². The largest absolute Gasteiger partial charge is 0.313 e. The van der Waals surface area contributed by atoms with Crippen LogP contribution in [0.3, 0.4) is 0 Å². The van der Waals surface area contributed by atoms with E-state index in [-0.39, 0.29) is 0 Å². The van der Waals surface area contributed by atoms with Crippen molar-refractivity contribution in [3.05, 3.63) is 11.6 Å². The Morgan fingerprint density at radius 2 is 2.10 bits per heavy atom. The van der Waals surface area contributed by atoms with Crippen LogP contribution in [0.4, 0.5) is 0 Å². The first-order valence-corrected chi connectivity index (χ1v) is 3.98. The molecule has 0 heterocycles. The summed E-state index contributed by atoms with van der Waals surface area (Å²) in [5, 5.41) is 6.85. The number of rotatable bonds is 5. The smallest absolute Gasteiger partial charge is 0.00446 e. The third-order valence-corrected chi connectivity index (χ3v) is 1.59. The van der Waals surface area contributed by atoms with Gasteiger partial charge in [0.25, 0.3) is 0 Å². The van der Waals surface area contributed by atoms with Gasteiger partial charge in [-0.3, -0.25) is 0 Å². The molecule has 0 rings (SSSR count). The Morgan fingerprint density at radius 1 is 1.40 bits per heavy atom. The molecular weight excluding hydrogens is 122 g/mol. The molecule has 0 atom stereocenters. The van der Waals surface area contributed by atoms with Crippen molar-refractivity contribution in [1.29, 1.82) is 5.41 Å². The van der Waals surface area contributed by atoms with Crippen LogP contribution in [0, 0.1) is 5.41 Å². The molecule has 0 saturated heterocycles. The van der Waals surface area contributed by atoms with Crippen molar-refractivity contribution in [2.24, 2.45) is 0 Å². The molecule has 0 aliphatic rings. The molecule has 0 unspecified atom stereocenters. The molecule has 1 heteroatoms. The van der Waals surface area contributed by atoms with E-state index in [0.717, 1.165) is 12.8 Å². The van der Waals surface area contributed by atoms with Gasteiger partial charge in [0.15, 0.2) is 0 Å². The molecule has 0 fully saturated rings. The molecule has 0 aromatic heterocycles. The second kappa shape index (κ2) is 6.53. The van der Waals surface area contributed by atoms with Gasteiger partial charge in [0.05, 0.1) is 0 Å². The monoisotopic (exact) mass is 139 g/mol. The molecule has 0 aromatic carbocycles. The zero-order chi connectivity index (χ0) is 7.82. The lowest BCUT2D eigenvalue weighted by Gasteiger charge is -2.00. The van der Waals surface area contributed by atoms with E-state index in [0.29, 0.717) is 0 Å². The molecule has 0 radical (unpaired) electrons. The summed E-state index contributed by atoms with van der Waals surface area (Å²) in [6.07, 6.45) is 8.06. The van der Waals surface area contributed by atoms with Gasteiger partial charge >= 0.3 is 0 Å². The Kier molecular flexibility index (Phi) is 6.14. The molecule has 1 N–H and O–H groups in total. The third-order valence-electron chi connectivity index (χ3n) is 1.59. The van der Waals surface area contributed by atoms with E-state index in [1.165, 1.54) is 24.6 Å². The molecule has 0 aliphatic heterocycles. The average molecular weight is 139 g/mol. The maximum absolute atomic E-state index is 6.85. The van der Waals surface area contributed by atoms with E-state index >= 15 is 0 Å². The minimum atomic E-state index is 0.902. The summed E-state index contributed by atoms with van der Waals surface area (Å²) in [5.74, 6) is 0. The number of hydrogen-bond acceptors (Lipinski definition) is 1. The van der Waals surface area contributed by atoms with Crippen LogP contribution in [0.1, 0.15) is 39.5 Å². The van der Waals surface area contributed by atoms with E-state index in [1.807, 2.05) is 0 Å². The van der Waals surface area contributed by atoms with Crippen LogP contribution in [-0.2, 0) is 0 Å². The molecule has 0 aromatic rings. The Bertz CT molecular complexity index is 114. The summed E-state index contributed by atoms with van der Waals surface area (Å²) in [7, 11) is 0. The molecule has 0 spiro atoms. The number of nitrogens with one attached hydrogen (secondary N) is 1. The average Bonchev–Trinajstić information content (AvgIpc) is 1.98. The standard InChI is InChI=1S/C9H17N/c1-3-6-9(4-2)7-5-8-10/h4,8,10H,3,5-7H2,1-2H3. The summed E-state index contributed by atoms with van der Waals surface area (Å²) in [4.78, 5) is 0. The second-order valence-electron chi connectivity index (χ2n) is 2.44. The Labute approximate surface area is 63.7 Å². The lowest BCUT2D eigenvalue weighted by molar-refractivity contribution is 0.839. The summed E-state index contributed by atoms with van der Waals surface area (Å²) in [5.41, 5.74) is 1.49. The maximum Gasteiger partial charge on any atom is -0.00446 e. The van der Waals surface area contributed by atoms with Crippen molar-refractivity contribution < 1.29 is 0 Å². The first kappa shape index (κ1) is 9.41. The molecular formula is C9H17N. The minimum Gasteiger partial charge on any atom is -0.313 e. The van der Waals surface area contributed by atoms with Crippen LogP contribution in [0.15, 0.2) is 11.6 Å². The van der Waals surface area contributed by atoms with E-state index in [2.05, 4.69) is 19.9 Å². The third kappa shape index (κ3) is 4.30. The summed E-state index contributed by atoms with van der Waals surface area (Å²) >= 11 is 0. The molecule has 58 valence electrons. The zero-order valence-corrected chi connectivity index (χ0v) is 6.98. The summed E-state index contributed by atoms with van der Waals surface area (Å²) < 4.78 is 0. The maximum atomic E-state index is 6.85. The summed E-state index contributed by atoms with van der Waals surface area (Å²) in [6, 6.07) is 0. The van der Waals surface area contributed by atoms with E-state index in [4.69, 9.17) is 5.41 Å². The molecule has 0 amide bonds. The van der Waals surface area contributed by atoms with Crippen molar-refractivity contribution in [2.45, 2.75) is 39.5 Å². The van der Waals surface area contributed by atoms with Gasteiger partial charge in [-0.15, -0.1) is 0 Å². The van der Waals surface area contributed by atoms with Gasteiger partial charge in [-0.1, -0.05) is 25.0 Å². The van der Waals surface area contributed by atoms with Gasteiger partial charge in [0.2, 0.25) is 0 Å². The lowest BCUT2D eigenvalue weighted by Crippen LogP contribution is -1.83. The quantitative estimate of drug-likeness (QED) is 0.447. The number of hydrogen-bond donors (Lipinski definition) is 1. The topological polar surface area (TPSA) is 23.9 Å². The van der Waals surface area contributed by atoms with Gasteiger partial charge < -0.3 is 5.41 Å². The van der Waals surface area contributed by atoms with Crippen LogP contribution in [0.5, 0.6) is 0 Å². The Balaban J connectivity index is 3.51. The van der Waals surface area contributed by atoms with Gasteiger partial charge in [0, 0.05) is 0 Å². The fourth-order valence-corrected chi connectivity index (χ4v) is 0.992. The Morgan fingerprint density at radius 3 is 2.50 bits per heavy atom. The SMILES string of the molecule is CC=C(CCC)CCC=N. The first-order valence-electron chi connectivity index (χ1n) is 3.98. The first-order chi connectivity index (χ1) is 4.85. The van der Waals surface area contributed by atoms with Gasteiger partial charge in [-0.2, -0.15) is 0 Å². The van der Waals surface area contributed by atoms with E-state index in [1.54, 1.807) is 0 Å². The zero-order valence-electron chi connectivity index (χ0n) is 6.98. The molecule has 0 bridgehead atoms. The van der Waals surface area contributed by atoms with Crippen molar-refractivity contribution in [3.8, 4) is 0 Å². The molecule has 10 heavy (non-hydrogen) atoms. The van der Waals surface area contributed by atoms with Crippen LogP contribution >= 0.6 is 0 Å². The van der Waals surface area contributed by atoms with Crippen molar-refractivity contribution in [3.63, 3.8) is 0 Å². The highest BCUT2D eigenvalue weighted by Gasteiger charge is 1.91.